The minimum atomic E-state index is -0.532. The Kier molecular flexibility index (Phi) is 4.89. The number of hydrogen-bond acceptors (Lipinski definition) is 5. The molecule has 1 aliphatic heterocycles. The summed E-state index contributed by atoms with van der Waals surface area (Å²) in [5.41, 5.74) is -0.276. The van der Waals surface area contributed by atoms with Gasteiger partial charge in [-0.1, -0.05) is 0 Å². The Morgan fingerprint density at radius 2 is 1.84 bits per heavy atom. The molecule has 0 amide bonds. The van der Waals surface area contributed by atoms with Crippen molar-refractivity contribution in [2.75, 3.05) is 13.2 Å². The van der Waals surface area contributed by atoms with Crippen molar-refractivity contribution in [2.45, 2.75) is 32.9 Å². The van der Waals surface area contributed by atoms with Gasteiger partial charge >= 0.3 is 5.69 Å². The molecular weight excluding hydrogens is 322 g/mol. The molecule has 7 nitrogen and oxygen atoms in total. The Bertz CT molecular complexity index is 920. The highest BCUT2D eigenvalue weighted by atomic mass is 16.5. The summed E-state index contributed by atoms with van der Waals surface area (Å²) in [5, 5.41) is 9.25. The lowest BCUT2D eigenvalue weighted by atomic mass is 10.2. The van der Waals surface area contributed by atoms with Crippen LogP contribution < -0.4 is 20.7 Å². The van der Waals surface area contributed by atoms with Crippen LogP contribution in [0.5, 0.6) is 11.5 Å². The second-order valence-electron chi connectivity index (χ2n) is 5.68. The van der Waals surface area contributed by atoms with Crippen LogP contribution in [-0.2, 0) is 19.5 Å². The summed E-state index contributed by atoms with van der Waals surface area (Å²) in [6.45, 7) is 3.30. The number of fused-ring (bicyclic) bond motifs is 1. The van der Waals surface area contributed by atoms with E-state index in [1.54, 1.807) is 24.3 Å². The number of benzene rings is 1. The predicted octanol–water partition coefficient (Wildman–Crippen LogP) is 1.31. The van der Waals surface area contributed by atoms with Crippen LogP contribution in [0.25, 0.3) is 0 Å². The van der Waals surface area contributed by atoms with Gasteiger partial charge in [-0.2, -0.15) is 5.26 Å². The molecule has 0 N–H and O–H groups in total. The van der Waals surface area contributed by atoms with E-state index in [2.05, 4.69) is 0 Å². The van der Waals surface area contributed by atoms with Crippen LogP contribution in [0.2, 0.25) is 0 Å². The SMILES string of the molecule is CCOc1ccc(OCCn2c(=O)c(C#N)c3n(c2=O)CCC3)cc1. The molecule has 0 saturated heterocycles. The molecule has 1 aromatic heterocycles. The van der Waals surface area contributed by atoms with Crippen molar-refractivity contribution >= 4 is 0 Å². The van der Waals surface area contributed by atoms with Gasteiger partial charge in [0.25, 0.3) is 5.56 Å². The zero-order valence-electron chi connectivity index (χ0n) is 14.0. The Balaban J connectivity index is 1.75. The second-order valence-corrected chi connectivity index (χ2v) is 5.68. The summed E-state index contributed by atoms with van der Waals surface area (Å²) in [5.74, 6) is 1.37. The molecule has 7 heteroatoms. The first-order chi connectivity index (χ1) is 12.2. The molecule has 2 aromatic rings. The van der Waals surface area contributed by atoms with Gasteiger partial charge in [0.05, 0.1) is 13.2 Å². The van der Waals surface area contributed by atoms with E-state index in [0.29, 0.717) is 31.0 Å². The molecular formula is C18H19N3O4. The Hall–Kier alpha value is -3.01. The summed E-state index contributed by atoms with van der Waals surface area (Å²) in [6, 6.07) is 9.07. The fourth-order valence-corrected chi connectivity index (χ4v) is 3.00. The van der Waals surface area contributed by atoms with Crippen LogP contribution in [0.1, 0.15) is 24.6 Å². The fourth-order valence-electron chi connectivity index (χ4n) is 3.00. The first-order valence-corrected chi connectivity index (χ1v) is 8.28. The monoisotopic (exact) mass is 341 g/mol. The molecule has 0 aliphatic carbocycles. The molecule has 0 bridgehead atoms. The zero-order chi connectivity index (χ0) is 17.8. The van der Waals surface area contributed by atoms with Crippen molar-refractivity contribution in [1.29, 1.82) is 5.26 Å². The largest absolute Gasteiger partial charge is 0.494 e. The average molecular weight is 341 g/mol. The van der Waals surface area contributed by atoms with Gasteiger partial charge in [0.1, 0.15) is 29.7 Å². The third kappa shape index (κ3) is 3.29. The van der Waals surface area contributed by atoms with Crippen molar-refractivity contribution in [2.24, 2.45) is 0 Å². The van der Waals surface area contributed by atoms with E-state index in [-0.39, 0.29) is 24.4 Å². The lowest BCUT2D eigenvalue weighted by Gasteiger charge is -2.12. The highest BCUT2D eigenvalue weighted by Gasteiger charge is 2.22. The normalized spacial score (nSPS) is 12.5. The van der Waals surface area contributed by atoms with E-state index >= 15 is 0 Å². The third-order valence-corrected chi connectivity index (χ3v) is 4.16. The molecule has 0 fully saturated rings. The van der Waals surface area contributed by atoms with Crippen molar-refractivity contribution in [3.05, 3.63) is 56.4 Å². The van der Waals surface area contributed by atoms with Gasteiger partial charge in [-0.05, 0) is 44.0 Å². The van der Waals surface area contributed by atoms with Crippen LogP contribution in [0.3, 0.4) is 0 Å². The molecule has 25 heavy (non-hydrogen) atoms. The van der Waals surface area contributed by atoms with Crippen molar-refractivity contribution in [1.82, 2.24) is 9.13 Å². The van der Waals surface area contributed by atoms with E-state index in [1.807, 2.05) is 13.0 Å². The summed E-state index contributed by atoms with van der Waals surface area (Å²) in [7, 11) is 0. The van der Waals surface area contributed by atoms with Gasteiger partial charge in [-0.15, -0.1) is 0 Å². The van der Waals surface area contributed by atoms with E-state index < -0.39 is 5.56 Å². The van der Waals surface area contributed by atoms with E-state index in [1.165, 1.54) is 4.57 Å². The molecule has 0 spiro atoms. The lowest BCUT2D eigenvalue weighted by Crippen LogP contribution is -2.42. The van der Waals surface area contributed by atoms with E-state index in [0.717, 1.165) is 16.7 Å². The average Bonchev–Trinajstić information content (AvgIpc) is 3.10. The van der Waals surface area contributed by atoms with Gasteiger partial charge in [-0.3, -0.25) is 13.9 Å². The minimum absolute atomic E-state index is 0.0677. The van der Waals surface area contributed by atoms with E-state index in [4.69, 9.17) is 9.47 Å². The van der Waals surface area contributed by atoms with Gasteiger partial charge < -0.3 is 9.47 Å². The maximum Gasteiger partial charge on any atom is 0.331 e. The van der Waals surface area contributed by atoms with Crippen LogP contribution >= 0.6 is 0 Å². The number of hydrogen-bond donors (Lipinski definition) is 0. The molecule has 0 saturated carbocycles. The summed E-state index contributed by atoms with van der Waals surface area (Å²) < 4.78 is 13.6. The van der Waals surface area contributed by atoms with Gasteiger partial charge in [0.2, 0.25) is 0 Å². The van der Waals surface area contributed by atoms with Gasteiger partial charge in [0, 0.05) is 12.2 Å². The maximum absolute atomic E-state index is 12.5. The third-order valence-electron chi connectivity index (χ3n) is 4.16. The molecule has 0 unspecified atom stereocenters. The summed E-state index contributed by atoms with van der Waals surface area (Å²) in [6.07, 6.45) is 1.37. The smallest absolute Gasteiger partial charge is 0.331 e. The molecule has 1 aliphatic rings. The van der Waals surface area contributed by atoms with Crippen molar-refractivity contribution < 1.29 is 9.47 Å². The maximum atomic E-state index is 12.5. The first-order valence-electron chi connectivity index (χ1n) is 8.28. The van der Waals surface area contributed by atoms with Crippen molar-refractivity contribution in [3.8, 4) is 17.6 Å². The summed E-state index contributed by atoms with van der Waals surface area (Å²) >= 11 is 0. The molecule has 3 rings (SSSR count). The number of nitrogens with zero attached hydrogens (tertiary/aromatic N) is 3. The Morgan fingerprint density at radius 1 is 1.16 bits per heavy atom. The predicted molar refractivity (Wildman–Crippen MR) is 91.1 cm³/mol. The molecule has 1 aromatic carbocycles. The van der Waals surface area contributed by atoms with Gasteiger partial charge in [0.15, 0.2) is 0 Å². The highest BCUT2D eigenvalue weighted by molar-refractivity contribution is 5.33. The standard InChI is InChI=1S/C18H19N3O4/c1-2-24-13-5-7-14(8-6-13)25-11-10-21-17(22)15(12-19)16-4-3-9-20(16)18(21)23/h5-8H,2-4,9-11H2,1H3. The molecule has 130 valence electrons. The van der Waals surface area contributed by atoms with Crippen LogP contribution in [0, 0.1) is 11.3 Å². The van der Waals surface area contributed by atoms with E-state index in [9.17, 15) is 14.9 Å². The van der Waals surface area contributed by atoms with Crippen LogP contribution in [0.4, 0.5) is 0 Å². The van der Waals surface area contributed by atoms with Gasteiger partial charge in [-0.25, -0.2) is 4.79 Å². The lowest BCUT2D eigenvalue weighted by molar-refractivity contribution is 0.290. The topological polar surface area (TPSA) is 86.2 Å². The second kappa shape index (κ2) is 7.26. The summed E-state index contributed by atoms with van der Waals surface area (Å²) in [4.78, 5) is 24.8. The number of rotatable bonds is 6. The van der Waals surface area contributed by atoms with Crippen LogP contribution in [-0.4, -0.2) is 22.3 Å². The number of ether oxygens (including phenoxy) is 2. The molecule has 0 atom stereocenters. The molecule has 0 radical (unpaired) electrons. The highest BCUT2D eigenvalue weighted by Crippen LogP contribution is 2.17. The Morgan fingerprint density at radius 3 is 2.48 bits per heavy atom. The quantitative estimate of drug-likeness (QED) is 0.790. The molecule has 2 heterocycles. The van der Waals surface area contributed by atoms with Crippen LogP contribution in [0.15, 0.2) is 33.9 Å². The minimum Gasteiger partial charge on any atom is -0.494 e. The first kappa shape index (κ1) is 16.8. The fraction of sp³-hybridized carbons (Fsp3) is 0.389. The number of aromatic nitrogens is 2. The number of nitriles is 1. The Labute approximate surface area is 144 Å². The van der Waals surface area contributed by atoms with Crippen molar-refractivity contribution in [3.63, 3.8) is 0 Å². The zero-order valence-corrected chi connectivity index (χ0v) is 14.0.